The predicted molar refractivity (Wildman–Crippen MR) is 80.8 cm³/mol. The molecule has 0 atom stereocenters. The Labute approximate surface area is 122 Å². The molecule has 0 unspecified atom stereocenters. The van der Waals surface area contributed by atoms with Crippen molar-refractivity contribution in [1.29, 1.82) is 0 Å². The molecule has 1 heterocycles. The molecule has 7 heteroatoms. The average molecular weight is 287 g/mol. The van der Waals surface area contributed by atoms with E-state index in [4.69, 9.17) is 4.74 Å². The highest BCUT2D eigenvalue weighted by molar-refractivity contribution is 5.80. The Morgan fingerprint density at radius 3 is 3.14 bits per heavy atom. The molecule has 0 aliphatic rings. The van der Waals surface area contributed by atoms with Gasteiger partial charge in [-0.3, -0.25) is 5.43 Å². The van der Waals surface area contributed by atoms with E-state index in [9.17, 15) is 4.79 Å². The molecule has 0 bridgehead atoms. The van der Waals surface area contributed by atoms with Crippen molar-refractivity contribution in [2.24, 2.45) is 5.10 Å². The summed E-state index contributed by atoms with van der Waals surface area (Å²) in [5, 5.41) is 10.1. The molecule has 0 spiro atoms. The van der Waals surface area contributed by atoms with Crippen molar-refractivity contribution < 1.29 is 4.74 Å². The molecule has 0 aliphatic carbocycles. The zero-order chi connectivity index (χ0) is 15.1. The Kier molecular flexibility index (Phi) is 5.03. The van der Waals surface area contributed by atoms with Gasteiger partial charge in [0, 0.05) is 0 Å². The van der Waals surface area contributed by atoms with E-state index in [-0.39, 0.29) is 0 Å². The SMILES string of the molecule is CCCOc1cccc(/C=N/Nc2nc(=O)[nH]nc2C)c1. The first-order chi connectivity index (χ1) is 10.2. The lowest BCUT2D eigenvalue weighted by Crippen LogP contribution is -2.15. The van der Waals surface area contributed by atoms with Gasteiger partial charge in [0.15, 0.2) is 5.82 Å². The highest BCUT2D eigenvalue weighted by Gasteiger charge is 2.00. The number of aromatic amines is 1. The van der Waals surface area contributed by atoms with Crippen LogP contribution in [-0.4, -0.2) is 28.0 Å². The third-order valence-electron chi connectivity index (χ3n) is 2.59. The number of ether oxygens (including phenoxy) is 1. The molecule has 0 saturated heterocycles. The summed E-state index contributed by atoms with van der Waals surface area (Å²) in [5.74, 6) is 1.13. The quantitative estimate of drug-likeness (QED) is 0.623. The average Bonchev–Trinajstić information content (AvgIpc) is 2.49. The van der Waals surface area contributed by atoms with Crippen molar-refractivity contribution in [2.75, 3.05) is 12.0 Å². The van der Waals surface area contributed by atoms with E-state index >= 15 is 0 Å². The number of hydrogen-bond donors (Lipinski definition) is 2. The van der Waals surface area contributed by atoms with Crippen LogP contribution < -0.4 is 15.9 Å². The highest BCUT2D eigenvalue weighted by Crippen LogP contribution is 2.12. The molecule has 1 aromatic heterocycles. The molecular formula is C14H17N5O2. The number of benzene rings is 1. The molecule has 21 heavy (non-hydrogen) atoms. The molecule has 0 fully saturated rings. The lowest BCUT2D eigenvalue weighted by Gasteiger charge is -2.04. The number of hydrazone groups is 1. The van der Waals surface area contributed by atoms with Crippen LogP contribution in [0.5, 0.6) is 5.75 Å². The van der Waals surface area contributed by atoms with Gasteiger partial charge in [0.05, 0.1) is 12.8 Å². The van der Waals surface area contributed by atoms with Gasteiger partial charge in [-0.2, -0.15) is 15.2 Å². The fourth-order valence-corrected chi connectivity index (χ4v) is 1.57. The molecule has 2 rings (SSSR count). The number of rotatable bonds is 6. The summed E-state index contributed by atoms with van der Waals surface area (Å²) in [5.41, 5.74) is 3.62. The second kappa shape index (κ2) is 7.18. The molecule has 0 aliphatic heterocycles. The summed E-state index contributed by atoms with van der Waals surface area (Å²) in [7, 11) is 0. The van der Waals surface area contributed by atoms with Crippen LogP contribution in [0.4, 0.5) is 5.82 Å². The van der Waals surface area contributed by atoms with Crippen LogP contribution >= 0.6 is 0 Å². The van der Waals surface area contributed by atoms with Crippen molar-refractivity contribution in [3.8, 4) is 5.75 Å². The Balaban J connectivity index is 2.04. The Bertz CT molecular complexity index is 681. The first kappa shape index (κ1) is 14.7. The van der Waals surface area contributed by atoms with Gasteiger partial charge in [0.1, 0.15) is 11.4 Å². The smallest absolute Gasteiger partial charge is 0.363 e. The minimum absolute atomic E-state index is 0.327. The number of aryl methyl sites for hydroxylation is 1. The van der Waals surface area contributed by atoms with E-state index in [0.717, 1.165) is 17.7 Å². The van der Waals surface area contributed by atoms with Crippen LogP contribution in [-0.2, 0) is 0 Å². The van der Waals surface area contributed by atoms with E-state index in [1.807, 2.05) is 24.3 Å². The van der Waals surface area contributed by atoms with Gasteiger partial charge in [-0.15, -0.1) is 0 Å². The van der Waals surface area contributed by atoms with E-state index < -0.39 is 5.69 Å². The first-order valence-electron chi connectivity index (χ1n) is 6.64. The topological polar surface area (TPSA) is 92.3 Å². The molecule has 0 amide bonds. The van der Waals surface area contributed by atoms with Gasteiger partial charge >= 0.3 is 5.69 Å². The number of anilines is 1. The van der Waals surface area contributed by atoms with Crippen LogP contribution in [0.25, 0.3) is 0 Å². The Morgan fingerprint density at radius 1 is 1.48 bits per heavy atom. The van der Waals surface area contributed by atoms with Gasteiger partial charge < -0.3 is 4.74 Å². The second-order valence-corrected chi connectivity index (χ2v) is 4.37. The monoisotopic (exact) mass is 287 g/mol. The normalized spacial score (nSPS) is 10.8. The van der Waals surface area contributed by atoms with E-state index in [1.165, 1.54) is 0 Å². The van der Waals surface area contributed by atoms with E-state index in [1.54, 1.807) is 13.1 Å². The first-order valence-corrected chi connectivity index (χ1v) is 6.64. The molecule has 0 radical (unpaired) electrons. The van der Waals surface area contributed by atoms with Gasteiger partial charge in [-0.25, -0.2) is 9.89 Å². The fraction of sp³-hybridized carbons (Fsp3) is 0.286. The molecule has 2 N–H and O–H groups in total. The van der Waals surface area contributed by atoms with Crippen molar-refractivity contribution >= 4 is 12.0 Å². The minimum Gasteiger partial charge on any atom is -0.494 e. The maximum atomic E-state index is 11.1. The largest absolute Gasteiger partial charge is 0.494 e. The molecule has 1 aromatic carbocycles. The third kappa shape index (κ3) is 4.41. The van der Waals surface area contributed by atoms with Crippen molar-refractivity contribution in [3.63, 3.8) is 0 Å². The van der Waals surface area contributed by atoms with Crippen LogP contribution in [0.15, 0.2) is 34.2 Å². The van der Waals surface area contributed by atoms with Crippen molar-refractivity contribution in [2.45, 2.75) is 20.3 Å². The van der Waals surface area contributed by atoms with Crippen molar-refractivity contribution in [3.05, 3.63) is 46.0 Å². The van der Waals surface area contributed by atoms with Gasteiger partial charge in [0.25, 0.3) is 0 Å². The standard InChI is InChI=1S/C14H17N5O2/c1-3-7-21-12-6-4-5-11(8-12)9-15-18-13-10(2)17-19-14(20)16-13/h4-6,8-9H,3,7H2,1-2H3,(H2,16,18,19,20)/b15-9+. The minimum atomic E-state index is -0.520. The number of H-pyrrole nitrogens is 1. The molecular weight excluding hydrogens is 270 g/mol. The zero-order valence-electron chi connectivity index (χ0n) is 12.0. The maximum Gasteiger partial charge on any atom is 0.363 e. The summed E-state index contributed by atoms with van der Waals surface area (Å²) in [6.07, 6.45) is 2.58. The summed E-state index contributed by atoms with van der Waals surface area (Å²) in [6.45, 7) is 4.46. The number of nitrogens with zero attached hydrogens (tertiary/aromatic N) is 3. The fourth-order valence-electron chi connectivity index (χ4n) is 1.57. The summed E-state index contributed by atoms with van der Waals surface area (Å²) < 4.78 is 5.55. The van der Waals surface area contributed by atoms with Crippen LogP contribution in [0.2, 0.25) is 0 Å². The van der Waals surface area contributed by atoms with Gasteiger partial charge in [-0.1, -0.05) is 19.1 Å². The molecule has 110 valence electrons. The summed E-state index contributed by atoms with van der Waals surface area (Å²) in [6, 6.07) is 7.58. The van der Waals surface area contributed by atoms with Crippen LogP contribution in [0.3, 0.4) is 0 Å². The maximum absolute atomic E-state index is 11.1. The van der Waals surface area contributed by atoms with Gasteiger partial charge in [-0.05, 0) is 31.0 Å². The predicted octanol–water partition coefficient (Wildman–Crippen LogP) is 1.71. The summed E-state index contributed by atoms with van der Waals surface area (Å²) in [4.78, 5) is 14.8. The van der Waals surface area contributed by atoms with Crippen LogP contribution in [0.1, 0.15) is 24.6 Å². The lowest BCUT2D eigenvalue weighted by molar-refractivity contribution is 0.317. The number of aromatic nitrogens is 3. The molecule has 0 saturated carbocycles. The van der Waals surface area contributed by atoms with E-state index in [2.05, 4.69) is 32.6 Å². The highest BCUT2D eigenvalue weighted by atomic mass is 16.5. The number of hydrogen-bond acceptors (Lipinski definition) is 6. The Morgan fingerprint density at radius 2 is 2.33 bits per heavy atom. The second-order valence-electron chi connectivity index (χ2n) is 4.37. The van der Waals surface area contributed by atoms with E-state index in [0.29, 0.717) is 18.1 Å². The Hall–Kier alpha value is -2.70. The molecule has 7 nitrogen and oxygen atoms in total. The number of nitrogens with one attached hydrogen (secondary N) is 2. The van der Waals surface area contributed by atoms with Crippen molar-refractivity contribution in [1.82, 2.24) is 15.2 Å². The molecule has 2 aromatic rings. The lowest BCUT2D eigenvalue weighted by atomic mass is 10.2. The third-order valence-corrected chi connectivity index (χ3v) is 2.59. The zero-order valence-corrected chi connectivity index (χ0v) is 12.0. The summed E-state index contributed by atoms with van der Waals surface area (Å²) >= 11 is 0. The van der Waals surface area contributed by atoms with Gasteiger partial charge in [0.2, 0.25) is 0 Å². The van der Waals surface area contributed by atoms with Crippen LogP contribution in [0, 0.1) is 6.92 Å².